The molecule has 0 fully saturated rings. The third kappa shape index (κ3) is 4.69. The summed E-state index contributed by atoms with van der Waals surface area (Å²) in [6.45, 7) is 3.57. The van der Waals surface area contributed by atoms with E-state index in [1.807, 2.05) is 0 Å². The molecule has 0 bridgehead atoms. The van der Waals surface area contributed by atoms with Crippen molar-refractivity contribution in [2.45, 2.75) is 6.42 Å². The summed E-state index contributed by atoms with van der Waals surface area (Å²) >= 11 is 0. The Morgan fingerprint density at radius 3 is 2.56 bits per heavy atom. The molecule has 0 aliphatic rings. The second-order valence-corrected chi connectivity index (χ2v) is 5.24. The van der Waals surface area contributed by atoms with Crippen molar-refractivity contribution in [1.29, 1.82) is 0 Å². The quantitative estimate of drug-likeness (QED) is 0.818. The molecule has 0 aliphatic carbocycles. The van der Waals surface area contributed by atoms with Gasteiger partial charge in [-0.1, -0.05) is 6.58 Å². The number of pyridine rings is 1. The molecule has 0 unspecified atom stereocenters. The number of rotatable bonds is 6. The molecule has 1 N–H and O–H groups in total. The smallest absolute Gasteiger partial charge is 0.251 e. The molecule has 1 heterocycles. The Morgan fingerprint density at radius 1 is 1.28 bits per heavy atom. The van der Waals surface area contributed by atoms with Gasteiger partial charge in [0.25, 0.3) is 5.91 Å². The van der Waals surface area contributed by atoms with Gasteiger partial charge in [-0.15, -0.1) is 0 Å². The van der Waals surface area contributed by atoms with Crippen LogP contribution in [0.25, 0.3) is 0 Å². The van der Waals surface area contributed by atoms with E-state index in [0.717, 1.165) is 12.3 Å². The molecule has 0 radical (unpaired) electrons. The zero-order valence-corrected chi connectivity index (χ0v) is 13.6. The highest BCUT2D eigenvalue weighted by atomic mass is 19.1. The third-order valence-electron chi connectivity index (χ3n) is 3.55. The second kappa shape index (κ2) is 8.14. The van der Waals surface area contributed by atoms with Gasteiger partial charge in [0, 0.05) is 37.3 Å². The van der Waals surface area contributed by atoms with Crippen LogP contribution in [0.15, 0.2) is 49.2 Å². The van der Waals surface area contributed by atoms with Gasteiger partial charge in [-0.25, -0.2) is 8.78 Å². The molecular formula is C18H17F2N3O2. The Balaban J connectivity index is 1.92. The van der Waals surface area contributed by atoms with Crippen LogP contribution in [0.1, 0.15) is 16.1 Å². The highest BCUT2D eigenvalue weighted by molar-refractivity contribution is 6.01. The number of carbonyl (C=O) groups is 2. The number of hydrogen-bond acceptors (Lipinski definition) is 3. The van der Waals surface area contributed by atoms with Gasteiger partial charge >= 0.3 is 0 Å². The molecule has 0 atom stereocenters. The van der Waals surface area contributed by atoms with Crippen LogP contribution in [0.3, 0.4) is 0 Å². The number of aromatic nitrogens is 1. The van der Waals surface area contributed by atoms with Crippen molar-refractivity contribution < 1.29 is 18.4 Å². The van der Waals surface area contributed by atoms with Gasteiger partial charge in [0.05, 0.1) is 11.9 Å². The Bertz CT molecular complexity index is 791. The molecule has 2 amide bonds. The predicted molar refractivity (Wildman–Crippen MR) is 90.2 cm³/mol. The number of anilines is 1. The highest BCUT2D eigenvalue weighted by Gasteiger charge is 2.10. The van der Waals surface area contributed by atoms with E-state index in [0.29, 0.717) is 11.3 Å². The summed E-state index contributed by atoms with van der Waals surface area (Å²) in [6, 6.07) is 7.18. The van der Waals surface area contributed by atoms with Crippen LogP contribution in [0.5, 0.6) is 0 Å². The molecule has 0 saturated heterocycles. The lowest BCUT2D eigenvalue weighted by Crippen LogP contribution is -2.26. The molecule has 7 heteroatoms. The van der Waals surface area contributed by atoms with Crippen molar-refractivity contribution in [1.82, 2.24) is 10.3 Å². The number of hydrogen-bond donors (Lipinski definition) is 1. The van der Waals surface area contributed by atoms with E-state index in [2.05, 4.69) is 16.9 Å². The van der Waals surface area contributed by atoms with Gasteiger partial charge in [0.1, 0.15) is 11.6 Å². The van der Waals surface area contributed by atoms with Crippen LogP contribution in [-0.4, -0.2) is 30.4 Å². The lowest BCUT2D eigenvalue weighted by molar-refractivity contribution is -0.113. The lowest BCUT2D eigenvalue weighted by atomic mass is 10.1. The first-order valence-corrected chi connectivity index (χ1v) is 7.50. The fourth-order valence-corrected chi connectivity index (χ4v) is 2.12. The summed E-state index contributed by atoms with van der Waals surface area (Å²) in [4.78, 5) is 28.6. The van der Waals surface area contributed by atoms with Crippen LogP contribution in [-0.2, 0) is 11.2 Å². The minimum absolute atomic E-state index is 0.0848. The first-order chi connectivity index (χ1) is 11.9. The van der Waals surface area contributed by atoms with Crippen LogP contribution >= 0.6 is 0 Å². The Kier molecular flexibility index (Phi) is 5.94. The first kappa shape index (κ1) is 18.3. The van der Waals surface area contributed by atoms with Crippen molar-refractivity contribution in [3.05, 3.63) is 72.1 Å². The van der Waals surface area contributed by atoms with E-state index in [9.17, 15) is 18.4 Å². The monoisotopic (exact) mass is 345 g/mol. The molecule has 0 saturated carbocycles. The Hall–Kier alpha value is -3.09. The average molecular weight is 345 g/mol. The summed E-state index contributed by atoms with van der Waals surface area (Å²) in [7, 11) is 1.60. The molecule has 0 spiro atoms. The summed E-state index contributed by atoms with van der Waals surface area (Å²) in [6.07, 6.45) is 2.27. The standard InChI is InChI=1S/C18H17F2N3O2/c1-3-17(24)23(2)14-6-4-12(5-7-14)18(25)21-9-8-16-15(20)10-13(19)11-22-16/h3-7,10-11H,1,8-9H2,2H3,(H,21,25). The molecule has 130 valence electrons. The number of carbonyl (C=O) groups excluding carboxylic acids is 2. The van der Waals surface area contributed by atoms with E-state index >= 15 is 0 Å². The molecule has 25 heavy (non-hydrogen) atoms. The van der Waals surface area contributed by atoms with Gasteiger partial charge in [-0.2, -0.15) is 0 Å². The van der Waals surface area contributed by atoms with Crippen molar-refractivity contribution in [3.8, 4) is 0 Å². The largest absolute Gasteiger partial charge is 0.352 e. The highest BCUT2D eigenvalue weighted by Crippen LogP contribution is 2.14. The van der Waals surface area contributed by atoms with Gasteiger partial charge in [-0.3, -0.25) is 14.6 Å². The zero-order chi connectivity index (χ0) is 18.4. The van der Waals surface area contributed by atoms with Crippen LogP contribution in [0.2, 0.25) is 0 Å². The number of nitrogens with one attached hydrogen (secondary N) is 1. The molecule has 0 aliphatic heterocycles. The van der Waals surface area contributed by atoms with E-state index in [4.69, 9.17) is 0 Å². The van der Waals surface area contributed by atoms with Crippen molar-refractivity contribution in [2.24, 2.45) is 0 Å². The first-order valence-electron chi connectivity index (χ1n) is 7.50. The molecule has 2 aromatic rings. The van der Waals surface area contributed by atoms with E-state index < -0.39 is 11.6 Å². The topological polar surface area (TPSA) is 62.3 Å². The maximum Gasteiger partial charge on any atom is 0.251 e. The molecule has 2 rings (SSSR count). The van der Waals surface area contributed by atoms with E-state index in [-0.39, 0.29) is 30.5 Å². The normalized spacial score (nSPS) is 10.2. The third-order valence-corrected chi connectivity index (χ3v) is 3.55. The van der Waals surface area contributed by atoms with E-state index in [1.54, 1.807) is 31.3 Å². The average Bonchev–Trinajstić information content (AvgIpc) is 2.62. The Labute approximate surface area is 144 Å². The SMILES string of the molecule is C=CC(=O)N(C)c1ccc(C(=O)NCCc2ncc(F)cc2F)cc1. The minimum atomic E-state index is -0.745. The molecule has 1 aromatic heterocycles. The van der Waals surface area contributed by atoms with Crippen molar-refractivity contribution in [3.63, 3.8) is 0 Å². The van der Waals surface area contributed by atoms with Gasteiger partial charge < -0.3 is 10.2 Å². The van der Waals surface area contributed by atoms with Crippen LogP contribution < -0.4 is 10.2 Å². The van der Waals surface area contributed by atoms with Crippen molar-refractivity contribution in [2.75, 3.05) is 18.5 Å². The summed E-state index contributed by atoms with van der Waals surface area (Å²) in [5.74, 6) is -2.09. The maximum atomic E-state index is 13.5. The van der Waals surface area contributed by atoms with Crippen LogP contribution in [0.4, 0.5) is 14.5 Å². The Morgan fingerprint density at radius 2 is 1.96 bits per heavy atom. The lowest BCUT2D eigenvalue weighted by Gasteiger charge is -2.15. The van der Waals surface area contributed by atoms with Gasteiger partial charge in [0.15, 0.2) is 0 Å². The molecule has 5 nitrogen and oxygen atoms in total. The van der Waals surface area contributed by atoms with Crippen molar-refractivity contribution >= 4 is 17.5 Å². The number of benzene rings is 1. The number of nitrogens with zero attached hydrogens (tertiary/aromatic N) is 2. The second-order valence-electron chi connectivity index (χ2n) is 5.24. The maximum absolute atomic E-state index is 13.5. The number of likely N-dealkylation sites (N-methyl/N-ethyl adjacent to an activating group) is 1. The summed E-state index contributed by atoms with van der Waals surface area (Å²) < 4.78 is 26.2. The molecule has 1 aromatic carbocycles. The molecular weight excluding hydrogens is 328 g/mol. The fourth-order valence-electron chi connectivity index (χ4n) is 2.12. The van der Waals surface area contributed by atoms with E-state index in [1.165, 1.54) is 11.0 Å². The van der Waals surface area contributed by atoms with Gasteiger partial charge in [0.2, 0.25) is 5.91 Å². The number of amides is 2. The predicted octanol–water partition coefficient (Wildman–Crippen LogP) is 2.48. The van der Waals surface area contributed by atoms with Gasteiger partial charge in [-0.05, 0) is 30.3 Å². The van der Waals surface area contributed by atoms with Crippen LogP contribution in [0, 0.1) is 11.6 Å². The number of halogens is 2. The fraction of sp³-hybridized carbons (Fsp3) is 0.167. The summed E-state index contributed by atoms with van der Waals surface area (Å²) in [5.41, 5.74) is 1.11. The summed E-state index contributed by atoms with van der Waals surface area (Å²) in [5, 5.41) is 2.64. The zero-order valence-electron chi connectivity index (χ0n) is 13.6. The minimum Gasteiger partial charge on any atom is -0.352 e.